The average molecular weight is 334 g/mol. The van der Waals surface area contributed by atoms with Crippen molar-refractivity contribution in [3.63, 3.8) is 0 Å². The number of nitrogens with one attached hydrogen (secondary N) is 1. The van der Waals surface area contributed by atoms with Crippen LogP contribution >= 0.6 is 0 Å². The van der Waals surface area contributed by atoms with Crippen LogP contribution in [0.5, 0.6) is 0 Å². The number of carbonyl (C=O) groups excluding carboxylic acids is 1. The van der Waals surface area contributed by atoms with E-state index in [0.29, 0.717) is 18.5 Å². The molecule has 24 heavy (non-hydrogen) atoms. The third-order valence-electron chi connectivity index (χ3n) is 4.02. The van der Waals surface area contributed by atoms with Crippen molar-refractivity contribution in [3.8, 4) is 0 Å². The summed E-state index contributed by atoms with van der Waals surface area (Å²) in [5.41, 5.74) is 2.20. The number of carbonyl (C=O) groups is 1. The SMILES string of the molecule is O=C1CCCN1c1ccc(CNCc2cc(F)c(F)c(F)c2)cc1. The standard InChI is InChI=1S/C18H17F3N2O/c19-15-8-13(9-16(20)18(15)21)11-22-10-12-3-5-14(6-4-12)23-7-1-2-17(23)24/h3-6,8-9,22H,1-2,7,10-11H2. The van der Waals surface area contributed by atoms with E-state index in [4.69, 9.17) is 0 Å². The van der Waals surface area contributed by atoms with E-state index in [9.17, 15) is 18.0 Å². The van der Waals surface area contributed by atoms with Crippen LogP contribution in [0.3, 0.4) is 0 Å². The van der Waals surface area contributed by atoms with Crippen LogP contribution in [-0.4, -0.2) is 12.5 Å². The van der Waals surface area contributed by atoms with Crippen molar-refractivity contribution in [2.24, 2.45) is 0 Å². The molecule has 0 atom stereocenters. The Hall–Kier alpha value is -2.34. The molecule has 3 rings (SSSR count). The van der Waals surface area contributed by atoms with Gasteiger partial charge in [-0.2, -0.15) is 0 Å². The van der Waals surface area contributed by atoms with Crippen LogP contribution in [0.25, 0.3) is 0 Å². The van der Waals surface area contributed by atoms with Gasteiger partial charge in [-0.3, -0.25) is 4.79 Å². The molecule has 1 amide bonds. The van der Waals surface area contributed by atoms with Gasteiger partial charge in [0, 0.05) is 31.7 Å². The number of halogens is 3. The van der Waals surface area contributed by atoms with E-state index in [2.05, 4.69) is 5.32 Å². The first-order chi connectivity index (χ1) is 11.5. The number of nitrogens with zero attached hydrogens (tertiary/aromatic N) is 1. The molecule has 0 aromatic heterocycles. The Labute approximate surface area is 138 Å². The first-order valence-electron chi connectivity index (χ1n) is 7.78. The number of benzene rings is 2. The molecule has 0 radical (unpaired) electrons. The summed E-state index contributed by atoms with van der Waals surface area (Å²) < 4.78 is 39.2. The van der Waals surface area contributed by atoms with Gasteiger partial charge in [0.15, 0.2) is 17.5 Å². The first kappa shape index (κ1) is 16.5. The van der Waals surface area contributed by atoms with E-state index in [1.165, 1.54) is 0 Å². The molecule has 1 fully saturated rings. The van der Waals surface area contributed by atoms with Crippen molar-refractivity contribution in [2.75, 3.05) is 11.4 Å². The molecule has 1 N–H and O–H groups in total. The van der Waals surface area contributed by atoms with E-state index < -0.39 is 17.5 Å². The van der Waals surface area contributed by atoms with Gasteiger partial charge >= 0.3 is 0 Å². The summed E-state index contributed by atoms with van der Waals surface area (Å²) in [6, 6.07) is 9.54. The zero-order valence-corrected chi connectivity index (χ0v) is 13.0. The average Bonchev–Trinajstić information content (AvgIpc) is 2.99. The minimum absolute atomic E-state index is 0.140. The Balaban J connectivity index is 1.56. The van der Waals surface area contributed by atoms with Crippen LogP contribution in [0.15, 0.2) is 36.4 Å². The van der Waals surface area contributed by atoms with Crippen molar-refractivity contribution in [2.45, 2.75) is 25.9 Å². The Morgan fingerprint density at radius 1 is 0.958 bits per heavy atom. The summed E-state index contributed by atoms with van der Waals surface area (Å²) in [7, 11) is 0. The van der Waals surface area contributed by atoms with Gasteiger partial charge in [0.2, 0.25) is 5.91 Å². The molecule has 0 aliphatic carbocycles. The van der Waals surface area contributed by atoms with E-state index in [1.54, 1.807) is 4.90 Å². The molecule has 6 heteroatoms. The highest BCUT2D eigenvalue weighted by atomic mass is 19.2. The van der Waals surface area contributed by atoms with E-state index >= 15 is 0 Å². The van der Waals surface area contributed by atoms with Gasteiger partial charge in [0.05, 0.1) is 0 Å². The molecule has 0 saturated carbocycles. The van der Waals surface area contributed by atoms with Crippen molar-refractivity contribution >= 4 is 11.6 Å². The van der Waals surface area contributed by atoms with Gasteiger partial charge < -0.3 is 10.2 Å². The van der Waals surface area contributed by atoms with Crippen LogP contribution in [0.2, 0.25) is 0 Å². The molecule has 0 bridgehead atoms. The zero-order chi connectivity index (χ0) is 17.1. The molecule has 1 aliphatic rings. The lowest BCUT2D eigenvalue weighted by Gasteiger charge is -2.16. The largest absolute Gasteiger partial charge is 0.312 e. The normalized spacial score (nSPS) is 14.5. The van der Waals surface area contributed by atoms with Crippen LogP contribution in [0, 0.1) is 17.5 Å². The highest BCUT2D eigenvalue weighted by Gasteiger charge is 2.21. The zero-order valence-electron chi connectivity index (χ0n) is 13.0. The number of amides is 1. The van der Waals surface area contributed by atoms with Crippen LogP contribution in [0.4, 0.5) is 18.9 Å². The van der Waals surface area contributed by atoms with Gasteiger partial charge in [-0.25, -0.2) is 13.2 Å². The van der Waals surface area contributed by atoms with Gasteiger partial charge in [-0.05, 0) is 41.8 Å². The monoisotopic (exact) mass is 334 g/mol. The third kappa shape index (κ3) is 3.59. The summed E-state index contributed by atoms with van der Waals surface area (Å²) >= 11 is 0. The first-order valence-corrected chi connectivity index (χ1v) is 7.78. The molecule has 2 aromatic carbocycles. The molecule has 0 spiro atoms. The van der Waals surface area contributed by atoms with Crippen LogP contribution < -0.4 is 10.2 Å². The number of anilines is 1. The summed E-state index contributed by atoms with van der Waals surface area (Å²) in [6.07, 6.45) is 1.47. The fraction of sp³-hybridized carbons (Fsp3) is 0.278. The lowest BCUT2D eigenvalue weighted by atomic mass is 10.1. The van der Waals surface area contributed by atoms with E-state index in [-0.39, 0.29) is 12.5 Å². The molecule has 3 nitrogen and oxygen atoms in total. The van der Waals surface area contributed by atoms with E-state index in [1.807, 2.05) is 24.3 Å². The van der Waals surface area contributed by atoms with Gasteiger partial charge in [-0.1, -0.05) is 12.1 Å². The highest BCUT2D eigenvalue weighted by molar-refractivity contribution is 5.95. The quantitative estimate of drug-likeness (QED) is 0.849. The molecule has 1 aliphatic heterocycles. The Kier molecular flexibility index (Phi) is 4.85. The van der Waals surface area contributed by atoms with Crippen molar-refractivity contribution in [3.05, 3.63) is 65.0 Å². The second-order valence-electron chi connectivity index (χ2n) is 5.79. The maximum atomic E-state index is 13.1. The molecule has 1 saturated heterocycles. The van der Waals surface area contributed by atoms with Gasteiger partial charge in [-0.15, -0.1) is 0 Å². The smallest absolute Gasteiger partial charge is 0.227 e. The van der Waals surface area contributed by atoms with Crippen molar-refractivity contribution in [1.29, 1.82) is 0 Å². The number of rotatable bonds is 5. The molecule has 0 unspecified atom stereocenters. The summed E-state index contributed by atoms with van der Waals surface area (Å²) in [6.45, 7) is 1.47. The Bertz CT molecular complexity index is 723. The fourth-order valence-corrected chi connectivity index (χ4v) is 2.78. The highest BCUT2D eigenvalue weighted by Crippen LogP contribution is 2.21. The van der Waals surface area contributed by atoms with E-state index in [0.717, 1.165) is 36.3 Å². The number of hydrogen-bond donors (Lipinski definition) is 1. The maximum absolute atomic E-state index is 13.1. The Morgan fingerprint density at radius 3 is 2.17 bits per heavy atom. The second-order valence-corrected chi connectivity index (χ2v) is 5.79. The summed E-state index contributed by atoms with van der Waals surface area (Å²) in [4.78, 5) is 13.5. The minimum atomic E-state index is -1.45. The van der Waals surface area contributed by atoms with Gasteiger partial charge in [0.1, 0.15) is 0 Å². The number of hydrogen-bond acceptors (Lipinski definition) is 2. The predicted octanol–water partition coefficient (Wildman–Crippen LogP) is 3.52. The fourth-order valence-electron chi connectivity index (χ4n) is 2.78. The van der Waals surface area contributed by atoms with Crippen molar-refractivity contribution in [1.82, 2.24) is 5.32 Å². The molecule has 126 valence electrons. The lowest BCUT2D eigenvalue weighted by molar-refractivity contribution is -0.117. The predicted molar refractivity (Wildman–Crippen MR) is 84.9 cm³/mol. The second kappa shape index (κ2) is 7.05. The third-order valence-corrected chi connectivity index (χ3v) is 4.02. The summed E-state index contributed by atoms with van der Waals surface area (Å²) in [5.74, 6) is -3.69. The summed E-state index contributed by atoms with van der Waals surface area (Å²) in [5, 5.41) is 3.05. The topological polar surface area (TPSA) is 32.3 Å². The molecular weight excluding hydrogens is 317 g/mol. The Morgan fingerprint density at radius 2 is 1.58 bits per heavy atom. The van der Waals surface area contributed by atoms with Crippen molar-refractivity contribution < 1.29 is 18.0 Å². The lowest BCUT2D eigenvalue weighted by Crippen LogP contribution is -2.23. The van der Waals surface area contributed by atoms with Crippen LogP contribution in [-0.2, 0) is 17.9 Å². The van der Waals surface area contributed by atoms with Crippen LogP contribution in [0.1, 0.15) is 24.0 Å². The maximum Gasteiger partial charge on any atom is 0.227 e. The molecule has 1 heterocycles. The molecule has 2 aromatic rings. The minimum Gasteiger partial charge on any atom is -0.312 e. The van der Waals surface area contributed by atoms with Gasteiger partial charge in [0.25, 0.3) is 0 Å². The molecular formula is C18H17F3N2O.